The largest absolute Gasteiger partial charge is 0.483 e. The lowest BCUT2D eigenvalue weighted by atomic mass is 10.1. The molecule has 0 unspecified atom stereocenters. The molecule has 1 heterocycles. The fourth-order valence-electron chi connectivity index (χ4n) is 2.42. The van der Waals surface area contributed by atoms with E-state index < -0.39 is 0 Å². The number of benzene rings is 2. The molecule has 0 saturated carbocycles. The first kappa shape index (κ1) is 16.5. The molecule has 0 atom stereocenters. The van der Waals surface area contributed by atoms with Crippen LogP contribution in [0.4, 0.5) is 0 Å². The van der Waals surface area contributed by atoms with Crippen molar-refractivity contribution in [2.24, 2.45) is 0 Å². The van der Waals surface area contributed by atoms with Gasteiger partial charge in [-0.2, -0.15) is 5.10 Å². The highest BCUT2D eigenvalue weighted by Gasteiger charge is 2.08. The van der Waals surface area contributed by atoms with Crippen LogP contribution in [0, 0.1) is 0 Å². The first-order valence-electron chi connectivity index (χ1n) is 7.78. The van der Waals surface area contributed by atoms with Gasteiger partial charge in [-0.1, -0.05) is 30.3 Å². The number of carbonyl (C=O) groups is 1. The topological polar surface area (TPSA) is 56.1 Å². The Morgan fingerprint density at radius 1 is 1.21 bits per heavy atom. The summed E-state index contributed by atoms with van der Waals surface area (Å²) in [5, 5.41) is 9.16. The minimum Gasteiger partial charge on any atom is -0.483 e. The van der Waals surface area contributed by atoms with Crippen LogP contribution < -0.4 is 10.1 Å². The van der Waals surface area contributed by atoms with E-state index in [9.17, 15) is 4.79 Å². The van der Waals surface area contributed by atoms with Gasteiger partial charge in [0, 0.05) is 25.5 Å². The number of aromatic nitrogens is 2. The highest BCUT2D eigenvalue weighted by atomic mass is 79.9. The third-order valence-electron chi connectivity index (χ3n) is 3.63. The number of hydrogen-bond donors (Lipinski definition) is 1. The second-order valence-electron chi connectivity index (χ2n) is 5.36. The van der Waals surface area contributed by atoms with Crippen molar-refractivity contribution in [1.82, 2.24) is 15.1 Å². The zero-order valence-corrected chi connectivity index (χ0v) is 14.7. The van der Waals surface area contributed by atoms with Crippen LogP contribution in [0.3, 0.4) is 0 Å². The Balaban J connectivity index is 1.46. The lowest BCUT2D eigenvalue weighted by molar-refractivity contribution is -0.123. The van der Waals surface area contributed by atoms with Crippen LogP contribution in [0.5, 0.6) is 5.75 Å². The summed E-state index contributed by atoms with van der Waals surface area (Å²) >= 11 is 3.55. The van der Waals surface area contributed by atoms with E-state index in [0.29, 0.717) is 12.3 Å². The first-order chi connectivity index (χ1) is 11.7. The fourth-order valence-corrected chi connectivity index (χ4v) is 3.03. The van der Waals surface area contributed by atoms with E-state index >= 15 is 0 Å². The van der Waals surface area contributed by atoms with E-state index in [4.69, 9.17) is 4.74 Å². The Labute approximate surface area is 148 Å². The highest BCUT2D eigenvalue weighted by Crippen LogP contribution is 2.32. The molecule has 0 spiro atoms. The van der Waals surface area contributed by atoms with Gasteiger partial charge in [0.05, 0.1) is 4.47 Å². The van der Waals surface area contributed by atoms with Gasteiger partial charge in [0.1, 0.15) is 5.75 Å². The van der Waals surface area contributed by atoms with Crippen LogP contribution >= 0.6 is 15.9 Å². The molecule has 24 heavy (non-hydrogen) atoms. The molecule has 0 radical (unpaired) electrons. The molecule has 0 aliphatic carbocycles. The Hall–Kier alpha value is -2.34. The van der Waals surface area contributed by atoms with Gasteiger partial charge in [-0.3, -0.25) is 9.48 Å². The molecule has 124 valence electrons. The molecule has 0 saturated heterocycles. The number of hydrogen-bond acceptors (Lipinski definition) is 3. The van der Waals surface area contributed by atoms with Crippen molar-refractivity contribution in [3.63, 3.8) is 0 Å². The molecular formula is C18H18BrN3O2. The van der Waals surface area contributed by atoms with Crippen molar-refractivity contribution in [3.8, 4) is 5.75 Å². The number of nitrogens with zero attached hydrogens (tertiary/aromatic N) is 2. The van der Waals surface area contributed by atoms with Crippen molar-refractivity contribution in [1.29, 1.82) is 0 Å². The van der Waals surface area contributed by atoms with E-state index in [2.05, 4.69) is 26.3 Å². The maximum Gasteiger partial charge on any atom is 0.257 e. The summed E-state index contributed by atoms with van der Waals surface area (Å²) in [5.74, 6) is 0.538. The van der Waals surface area contributed by atoms with E-state index in [0.717, 1.165) is 28.2 Å². The average Bonchev–Trinajstić information content (AvgIpc) is 3.12. The molecule has 1 amide bonds. The molecule has 0 aliphatic heterocycles. The maximum absolute atomic E-state index is 11.9. The van der Waals surface area contributed by atoms with Crippen molar-refractivity contribution in [2.75, 3.05) is 13.2 Å². The number of rotatable bonds is 7. The second kappa shape index (κ2) is 7.97. The molecule has 5 nitrogen and oxygen atoms in total. The zero-order valence-electron chi connectivity index (χ0n) is 13.1. The Kier molecular flexibility index (Phi) is 5.48. The van der Waals surface area contributed by atoms with Crippen molar-refractivity contribution in [2.45, 2.75) is 13.0 Å². The van der Waals surface area contributed by atoms with Crippen molar-refractivity contribution in [3.05, 3.63) is 59.3 Å². The summed E-state index contributed by atoms with van der Waals surface area (Å²) in [6.07, 6.45) is 4.48. The van der Waals surface area contributed by atoms with E-state index in [1.165, 1.54) is 0 Å². The molecule has 3 rings (SSSR count). The van der Waals surface area contributed by atoms with Gasteiger partial charge in [0.25, 0.3) is 5.91 Å². The summed E-state index contributed by atoms with van der Waals surface area (Å²) in [5.41, 5.74) is 0. The lowest BCUT2D eigenvalue weighted by Crippen LogP contribution is -2.30. The van der Waals surface area contributed by atoms with Crippen LogP contribution in [0.2, 0.25) is 0 Å². The normalized spacial score (nSPS) is 10.7. The molecule has 2 aromatic carbocycles. The van der Waals surface area contributed by atoms with Crippen LogP contribution in [0.1, 0.15) is 6.42 Å². The summed E-state index contributed by atoms with van der Waals surface area (Å²) < 4.78 is 8.34. The second-order valence-corrected chi connectivity index (χ2v) is 6.15. The summed E-state index contributed by atoms with van der Waals surface area (Å²) in [4.78, 5) is 11.9. The predicted octanol–water partition coefficient (Wildman–Crippen LogP) is 3.38. The quantitative estimate of drug-likeness (QED) is 0.632. The smallest absolute Gasteiger partial charge is 0.257 e. The average molecular weight is 388 g/mol. The van der Waals surface area contributed by atoms with Crippen LogP contribution in [0.25, 0.3) is 10.8 Å². The highest BCUT2D eigenvalue weighted by molar-refractivity contribution is 9.10. The van der Waals surface area contributed by atoms with Crippen LogP contribution in [0.15, 0.2) is 59.3 Å². The van der Waals surface area contributed by atoms with E-state index in [1.807, 2.05) is 53.3 Å². The van der Waals surface area contributed by atoms with Crippen LogP contribution in [-0.2, 0) is 11.3 Å². The molecule has 1 N–H and O–H groups in total. The van der Waals surface area contributed by atoms with Gasteiger partial charge >= 0.3 is 0 Å². The van der Waals surface area contributed by atoms with Crippen molar-refractivity contribution >= 4 is 32.6 Å². The molecule has 0 bridgehead atoms. The number of carbonyl (C=O) groups excluding carboxylic acids is 1. The SMILES string of the molecule is O=C(COc1ccc2ccccc2c1Br)NCCCn1cccn1. The molecular weight excluding hydrogens is 370 g/mol. The standard InChI is InChI=1S/C18H18BrN3O2/c19-18-15-6-2-1-5-14(15)7-8-16(18)24-13-17(23)20-9-3-11-22-12-4-10-21-22/h1-2,4-8,10,12H,3,9,11,13H2,(H,20,23). The van der Waals surface area contributed by atoms with Gasteiger partial charge in [0.2, 0.25) is 0 Å². The Morgan fingerprint density at radius 3 is 2.92 bits per heavy atom. The van der Waals surface area contributed by atoms with Gasteiger partial charge in [-0.25, -0.2) is 0 Å². The minimum atomic E-state index is -0.129. The first-order valence-corrected chi connectivity index (χ1v) is 8.57. The van der Waals surface area contributed by atoms with Crippen LogP contribution in [-0.4, -0.2) is 28.8 Å². The fraction of sp³-hybridized carbons (Fsp3) is 0.222. The zero-order chi connectivity index (χ0) is 16.8. The Bertz CT molecular complexity index is 818. The third-order valence-corrected chi connectivity index (χ3v) is 4.45. The van der Waals surface area contributed by atoms with Gasteiger partial charge in [-0.05, 0) is 45.3 Å². The van der Waals surface area contributed by atoms with Gasteiger partial charge < -0.3 is 10.1 Å². The molecule has 6 heteroatoms. The molecule has 1 aromatic heterocycles. The minimum absolute atomic E-state index is 0.00128. The van der Waals surface area contributed by atoms with E-state index in [-0.39, 0.29) is 12.5 Å². The van der Waals surface area contributed by atoms with Gasteiger partial charge in [0.15, 0.2) is 6.61 Å². The Morgan fingerprint density at radius 2 is 2.08 bits per heavy atom. The molecule has 0 fully saturated rings. The maximum atomic E-state index is 11.9. The molecule has 0 aliphatic rings. The number of aryl methyl sites for hydroxylation is 1. The third kappa shape index (κ3) is 4.14. The van der Waals surface area contributed by atoms with E-state index in [1.54, 1.807) is 6.20 Å². The monoisotopic (exact) mass is 387 g/mol. The summed E-state index contributed by atoms with van der Waals surface area (Å²) in [6, 6.07) is 13.8. The number of halogens is 1. The predicted molar refractivity (Wildman–Crippen MR) is 97.0 cm³/mol. The number of nitrogens with one attached hydrogen (secondary N) is 1. The van der Waals surface area contributed by atoms with Gasteiger partial charge in [-0.15, -0.1) is 0 Å². The number of ether oxygens (including phenoxy) is 1. The lowest BCUT2D eigenvalue weighted by Gasteiger charge is -2.10. The number of amides is 1. The summed E-state index contributed by atoms with van der Waals surface area (Å²) in [6.45, 7) is 1.38. The summed E-state index contributed by atoms with van der Waals surface area (Å²) in [7, 11) is 0. The number of fused-ring (bicyclic) bond motifs is 1. The molecule has 3 aromatic rings. The van der Waals surface area contributed by atoms with Crippen molar-refractivity contribution < 1.29 is 9.53 Å².